The van der Waals surface area contributed by atoms with Crippen LogP contribution in [0.15, 0.2) is 30.3 Å². The zero-order valence-electron chi connectivity index (χ0n) is 17.5. The summed E-state index contributed by atoms with van der Waals surface area (Å²) < 4.78 is 41.0. The van der Waals surface area contributed by atoms with Crippen LogP contribution >= 0.6 is 11.3 Å². The summed E-state index contributed by atoms with van der Waals surface area (Å²) in [7, 11) is 0. The van der Waals surface area contributed by atoms with Crippen LogP contribution < -0.4 is 11.1 Å². The molecule has 1 aromatic carbocycles. The van der Waals surface area contributed by atoms with Gasteiger partial charge in [0.05, 0.1) is 10.2 Å². The number of benzene rings is 1. The number of halogens is 3. The SMILES string of the molecule is CC(C)CN1CCCC1CNc1nc(C(F)(F)F)ccc1-c1ccc2sc(N)nc2c1. The lowest BCUT2D eigenvalue weighted by atomic mass is 10.1. The van der Waals surface area contributed by atoms with Crippen molar-refractivity contribution in [1.82, 2.24) is 14.9 Å². The van der Waals surface area contributed by atoms with E-state index in [9.17, 15) is 13.2 Å². The van der Waals surface area contributed by atoms with Crippen LogP contribution in [0, 0.1) is 5.92 Å². The summed E-state index contributed by atoms with van der Waals surface area (Å²) in [5.41, 5.74) is 7.00. The number of anilines is 2. The van der Waals surface area contributed by atoms with Gasteiger partial charge in [0.25, 0.3) is 0 Å². The molecular weight excluding hydrogens is 423 g/mol. The molecule has 1 atom stereocenters. The molecule has 9 heteroatoms. The Balaban J connectivity index is 1.65. The molecule has 1 saturated heterocycles. The maximum absolute atomic E-state index is 13.3. The van der Waals surface area contributed by atoms with Gasteiger partial charge in [-0.05, 0) is 55.1 Å². The zero-order valence-corrected chi connectivity index (χ0v) is 18.4. The van der Waals surface area contributed by atoms with Crippen LogP contribution in [-0.2, 0) is 6.18 Å². The largest absolute Gasteiger partial charge is 0.433 e. The minimum atomic E-state index is -4.50. The topological polar surface area (TPSA) is 67.1 Å². The van der Waals surface area contributed by atoms with Gasteiger partial charge in [-0.25, -0.2) is 9.97 Å². The van der Waals surface area contributed by atoms with E-state index in [2.05, 4.69) is 34.0 Å². The van der Waals surface area contributed by atoms with Gasteiger partial charge in [0.15, 0.2) is 5.13 Å². The van der Waals surface area contributed by atoms with Gasteiger partial charge in [-0.15, -0.1) is 0 Å². The van der Waals surface area contributed by atoms with Crippen molar-refractivity contribution in [2.75, 3.05) is 30.7 Å². The molecule has 3 aromatic rings. The van der Waals surface area contributed by atoms with Gasteiger partial charge >= 0.3 is 6.18 Å². The molecule has 2 aromatic heterocycles. The number of nitrogen functional groups attached to an aromatic ring is 1. The Hall–Kier alpha value is -2.39. The Bertz CT molecular complexity index is 1060. The molecule has 0 amide bonds. The summed E-state index contributed by atoms with van der Waals surface area (Å²) in [5.74, 6) is 0.786. The highest BCUT2D eigenvalue weighted by Crippen LogP contribution is 2.35. The molecular formula is C22H26F3N5S. The quantitative estimate of drug-likeness (QED) is 0.521. The number of nitrogens with two attached hydrogens (primary N) is 1. The van der Waals surface area contributed by atoms with Crippen LogP contribution in [0.3, 0.4) is 0 Å². The molecule has 166 valence electrons. The lowest BCUT2D eigenvalue weighted by molar-refractivity contribution is -0.141. The lowest BCUT2D eigenvalue weighted by Crippen LogP contribution is -2.37. The van der Waals surface area contributed by atoms with Crippen molar-refractivity contribution in [1.29, 1.82) is 0 Å². The maximum atomic E-state index is 13.3. The van der Waals surface area contributed by atoms with Crippen LogP contribution in [0.2, 0.25) is 0 Å². The van der Waals surface area contributed by atoms with E-state index >= 15 is 0 Å². The first-order valence-electron chi connectivity index (χ1n) is 10.4. The summed E-state index contributed by atoms with van der Waals surface area (Å²) in [6.45, 7) is 6.92. The fourth-order valence-electron chi connectivity index (χ4n) is 4.15. The average Bonchev–Trinajstić information content (AvgIpc) is 3.29. The molecule has 0 saturated carbocycles. The molecule has 0 aliphatic carbocycles. The summed E-state index contributed by atoms with van der Waals surface area (Å²) in [5, 5.41) is 3.69. The molecule has 0 spiro atoms. The molecule has 0 bridgehead atoms. The molecule has 4 rings (SSSR count). The highest BCUT2D eigenvalue weighted by atomic mass is 32.1. The van der Waals surface area contributed by atoms with Crippen LogP contribution in [0.1, 0.15) is 32.4 Å². The second-order valence-corrected chi connectivity index (χ2v) is 9.45. The predicted octanol–water partition coefficient (Wildman–Crippen LogP) is 5.49. The number of likely N-dealkylation sites (tertiary alicyclic amines) is 1. The monoisotopic (exact) mass is 449 g/mol. The first-order chi connectivity index (χ1) is 14.7. The number of hydrogen-bond donors (Lipinski definition) is 2. The maximum Gasteiger partial charge on any atom is 0.433 e. The number of rotatable bonds is 6. The molecule has 1 aliphatic rings. The predicted molar refractivity (Wildman–Crippen MR) is 120 cm³/mol. The van der Waals surface area contributed by atoms with Crippen molar-refractivity contribution in [2.45, 2.75) is 38.9 Å². The molecule has 1 fully saturated rings. The number of aromatic nitrogens is 2. The van der Waals surface area contributed by atoms with E-state index < -0.39 is 11.9 Å². The number of hydrogen-bond acceptors (Lipinski definition) is 6. The second kappa shape index (κ2) is 8.63. The third-order valence-corrected chi connectivity index (χ3v) is 6.37. The van der Waals surface area contributed by atoms with E-state index in [1.54, 1.807) is 0 Å². The van der Waals surface area contributed by atoms with Gasteiger partial charge in [0.2, 0.25) is 0 Å². The van der Waals surface area contributed by atoms with Crippen LogP contribution in [0.4, 0.5) is 24.1 Å². The summed E-state index contributed by atoms with van der Waals surface area (Å²) in [6.07, 6.45) is -2.37. The summed E-state index contributed by atoms with van der Waals surface area (Å²) >= 11 is 1.38. The highest BCUT2D eigenvalue weighted by molar-refractivity contribution is 7.22. The smallest absolute Gasteiger partial charge is 0.375 e. The van der Waals surface area contributed by atoms with Crippen molar-refractivity contribution in [3.05, 3.63) is 36.0 Å². The molecule has 31 heavy (non-hydrogen) atoms. The van der Waals surface area contributed by atoms with Crippen molar-refractivity contribution in [2.24, 2.45) is 5.92 Å². The number of fused-ring (bicyclic) bond motifs is 1. The van der Waals surface area contributed by atoms with Gasteiger partial charge in [-0.3, -0.25) is 4.90 Å². The Morgan fingerprint density at radius 3 is 2.77 bits per heavy atom. The Morgan fingerprint density at radius 1 is 1.23 bits per heavy atom. The molecule has 3 heterocycles. The Kier molecular flexibility index (Phi) is 6.07. The van der Waals surface area contributed by atoms with Crippen molar-refractivity contribution < 1.29 is 13.2 Å². The fraction of sp³-hybridized carbons (Fsp3) is 0.455. The molecule has 5 nitrogen and oxygen atoms in total. The standard InChI is InChI=1S/C22H26F3N5S/c1-13(2)12-30-9-3-4-15(30)11-27-20-16(6-8-19(29-20)22(23,24)25)14-5-7-18-17(10-14)28-21(26)31-18/h5-8,10,13,15H,3-4,9,11-12H2,1-2H3,(H2,26,28)(H,27,29). The van der Waals surface area contributed by atoms with Crippen LogP contribution in [0.25, 0.3) is 21.3 Å². The fourth-order valence-corrected chi connectivity index (χ4v) is 4.86. The minimum absolute atomic E-state index is 0.244. The third-order valence-electron chi connectivity index (χ3n) is 5.50. The van der Waals surface area contributed by atoms with E-state index in [-0.39, 0.29) is 11.9 Å². The van der Waals surface area contributed by atoms with Gasteiger partial charge in [0, 0.05) is 24.7 Å². The second-order valence-electron chi connectivity index (χ2n) is 8.39. The number of thiazole rings is 1. The van der Waals surface area contributed by atoms with E-state index in [0.29, 0.717) is 23.2 Å². The zero-order chi connectivity index (χ0) is 22.2. The first kappa shape index (κ1) is 21.8. The van der Waals surface area contributed by atoms with Crippen LogP contribution in [-0.4, -0.2) is 40.5 Å². The summed E-state index contributed by atoms with van der Waals surface area (Å²) in [4.78, 5) is 10.7. The summed E-state index contributed by atoms with van der Waals surface area (Å²) in [6, 6.07) is 8.40. The average molecular weight is 450 g/mol. The number of alkyl halides is 3. The van der Waals surface area contributed by atoms with E-state index in [0.717, 1.165) is 47.8 Å². The number of nitrogens with one attached hydrogen (secondary N) is 1. The van der Waals surface area contributed by atoms with Crippen molar-refractivity contribution in [3.8, 4) is 11.1 Å². The van der Waals surface area contributed by atoms with Gasteiger partial charge < -0.3 is 11.1 Å². The Morgan fingerprint density at radius 2 is 2.03 bits per heavy atom. The normalized spacial score (nSPS) is 17.7. The Labute approximate surface area is 183 Å². The minimum Gasteiger partial charge on any atom is -0.375 e. The molecule has 1 unspecified atom stereocenters. The van der Waals surface area contributed by atoms with Crippen molar-refractivity contribution in [3.63, 3.8) is 0 Å². The third kappa shape index (κ3) is 4.93. The van der Waals surface area contributed by atoms with Gasteiger partial charge in [0.1, 0.15) is 11.5 Å². The van der Waals surface area contributed by atoms with Gasteiger partial charge in [-0.2, -0.15) is 13.2 Å². The molecule has 3 N–H and O–H groups in total. The van der Waals surface area contributed by atoms with E-state index in [1.165, 1.54) is 17.4 Å². The molecule has 0 radical (unpaired) electrons. The number of nitrogens with zero attached hydrogens (tertiary/aromatic N) is 3. The van der Waals surface area contributed by atoms with Gasteiger partial charge in [-0.1, -0.05) is 31.3 Å². The van der Waals surface area contributed by atoms with E-state index in [4.69, 9.17) is 5.73 Å². The molecule has 1 aliphatic heterocycles. The first-order valence-corrected chi connectivity index (χ1v) is 11.2. The van der Waals surface area contributed by atoms with E-state index in [1.807, 2.05) is 18.2 Å². The van der Waals surface area contributed by atoms with Crippen molar-refractivity contribution >= 4 is 32.5 Å². The van der Waals surface area contributed by atoms with Crippen LogP contribution in [0.5, 0.6) is 0 Å². The lowest BCUT2D eigenvalue weighted by Gasteiger charge is -2.27. The highest BCUT2D eigenvalue weighted by Gasteiger charge is 2.33. The number of pyridine rings is 1.